The van der Waals surface area contributed by atoms with Crippen LogP contribution in [-0.2, 0) is 13.2 Å². The second-order valence-electron chi connectivity index (χ2n) is 5.96. The van der Waals surface area contributed by atoms with Crippen LogP contribution in [0.3, 0.4) is 0 Å². The highest BCUT2D eigenvalue weighted by molar-refractivity contribution is 9.10. The van der Waals surface area contributed by atoms with E-state index >= 15 is 0 Å². The normalized spacial score (nSPS) is 10.6. The largest absolute Gasteiger partial charge is 0.488 e. The molecule has 0 spiro atoms. The molecule has 0 heterocycles. The Kier molecular flexibility index (Phi) is 6.47. The minimum absolute atomic E-state index is 0.428. The van der Waals surface area contributed by atoms with E-state index in [4.69, 9.17) is 27.9 Å². The van der Waals surface area contributed by atoms with Crippen LogP contribution in [0, 0.1) is 6.92 Å². The van der Waals surface area contributed by atoms with Crippen molar-refractivity contribution >= 4 is 44.8 Å². The lowest BCUT2D eigenvalue weighted by atomic mass is 10.1. The van der Waals surface area contributed by atoms with Gasteiger partial charge < -0.3 is 10.1 Å². The molecular weight excluding hydrogens is 433 g/mol. The van der Waals surface area contributed by atoms with Crippen LogP contribution in [0.5, 0.6) is 5.75 Å². The van der Waals surface area contributed by atoms with Gasteiger partial charge in [-0.15, -0.1) is 0 Å². The number of hydrogen-bond donors (Lipinski definition) is 1. The Labute approximate surface area is 172 Å². The van der Waals surface area contributed by atoms with Gasteiger partial charge in [0, 0.05) is 27.8 Å². The molecule has 3 rings (SSSR count). The second-order valence-corrected chi connectivity index (χ2v) is 7.66. The zero-order chi connectivity index (χ0) is 18.5. The summed E-state index contributed by atoms with van der Waals surface area (Å²) >= 11 is 15.8. The molecule has 3 aromatic rings. The van der Waals surface area contributed by atoms with Gasteiger partial charge in [-0.1, -0.05) is 53.5 Å². The highest BCUT2D eigenvalue weighted by Gasteiger charge is 2.06. The van der Waals surface area contributed by atoms with Crippen LogP contribution in [0.4, 0.5) is 5.69 Å². The Balaban J connectivity index is 1.64. The van der Waals surface area contributed by atoms with Gasteiger partial charge in [-0.2, -0.15) is 0 Å². The Bertz CT molecular complexity index is 914. The summed E-state index contributed by atoms with van der Waals surface area (Å²) in [6, 6.07) is 19.6. The van der Waals surface area contributed by atoms with Crippen LogP contribution in [0.15, 0.2) is 65.1 Å². The van der Waals surface area contributed by atoms with Crippen LogP contribution in [-0.4, -0.2) is 0 Å². The van der Waals surface area contributed by atoms with E-state index in [1.165, 1.54) is 0 Å². The van der Waals surface area contributed by atoms with Crippen LogP contribution in [0.1, 0.15) is 16.7 Å². The van der Waals surface area contributed by atoms with Crippen molar-refractivity contribution in [2.45, 2.75) is 20.1 Å². The smallest absolute Gasteiger partial charge is 0.134 e. The highest BCUT2D eigenvalue weighted by atomic mass is 79.9. The number of benzene rings is 3. The van der Waals surface area contributed by atoms with Gasteiger partial charge in [-0.25, -0.2) is 0 Å². The third-order valence-electron chi connectivity index (χ3n) is 4.02. The summed E-state index contributed by atoms with van der Waals surface area (Å²) in [5.74, 6) is 0.785. The molecule has 0 amide bonds. The topological polar surface area (TPSA) is 21.3 Å². The molecular formula is C21H18BrCl2NO. The maximum Gasteiger partial charge on any atom is 0.134 e. The summed E-state index contributed by atoms with van der Waals surface area (Å²) in [6.45, 7) is 3.18. The van der Waals surface area contributed by atoms with Crippen LogP contribution < -0.4 is 10.1 Å². The van der Waals surface area contributed by atoms with Crippen molar-refractivity contribution in [3.63, 3.8) is 0 Å². The van der Waals surface area contributed by atoms with Crippen molar-refractivity contribution < 1.29 is 4.74 Å². The van der Waals surface area contributed by atoms with E-state index in [1.807, 2.05) is 54.6 Å². The lowest BCUT2D eigenvalue weighted by Crippen LogP contribution is -2.02. The van der Waals surface area contributed by atoms with Gasteiger partial charge in [0.25, 0.3) is 0 Å². The molecule has 0 saturated carbocycles. The van der Waals surface area contributed by atoms with Gasteiger partial charge in [-0.3, -0.25) is 0 Å². The zero-order valence-corrected chi connectivity index (χ0v) is 17.3. The summed E-state index contributed by atoms with van der Waals surface area (Å²) in [6.07, 6.45) is 0. The molecule has 0 atom stereocenters. The fourth-order valence-electron chi connectivity index (χ4n) is 2.52. The molecule has 0 unspecified atom stereocenters. The van der Waals surface area contributed by atoms with E-state index in [9.17, 15) is 0 Å². The van der Waals surface area contributed by atoms with Crippen molar-refractivity contribution in [3.05, 3.63) is 91.9 Å². The second kappa shape index (κ2) is 8.81. The number of ether oxygens (including phenoxy) is 1. The molecule has 2 nitrogen and oxygen atoms in total. The predicted molar refractivity (Wildman–Crippen MR) is 113 cm³/mol. The first kappa shape index (κ1) is 19.1. The third kappa shape index (κ3) is 4.94. The van der Waals surface area contributed by atoms with Crippen molar-refractivity contribution in [2.24, 2.45) is 0 Å². The van der Waals surface area contributed by atoms with Gasteiger partial charge in [0.05, 0.1) is 4.47 Å². The lowest BCUT2D eigenvalue weighted by Gasteiger charge is -2.13. The lowest BCUT2D eigenvalue weighted by molar-refractivity contribution is 0.304. The van der Waals surface area contributed by atoms with Crippen LogP contribution in [0.25, 0.3) is 0 Å². The van der Waals surface area contributed by atoms with Gasteiger partial charge in [0.2, 0.25) is 0 Å². The van der Waals surface area contributed by atoms with Crippen molar-refractivity contribution in [1.82, 2.24) is 0 Å². The Morgan fingerprint density at radius 2 is 1.81 bits per heavy atom. The molecule has 5 heteroatoms. The molecule has 0 saturated heterocycles. The van der Waals surface area contributed by atoms with Gasteiger partial charge in [0.1, 0.15) is 12.4 Å². The first-order chi connectivity index (χ1) is 12.5. The number of rotatable bonds is 6. The predicted octanol–water partition coefficient (Wildman–Crippen LogP) is 7.26. The molecule has 134 valence electrons. The van der Waals surface area contributed by atoms with Crippen LogP contribution in [0.2, 0.25) is 10.0 Å². The maximum atomic E-state index is 6.17. The zero-order valence-electron chi connectivity index (χ0n) is 14.2. The number of anilines is 1. The molecule has 3 aromatic carbocycles. The van der Waals surface area contributed by atoms with Gasteiger partial charge >= 0.3 is 0 Å². The fourth-order valence-corrected chi connectivity index (χ4v) is 3.43. The van der Waals surface area contributed by atoms with E-state index in [2.05, 4.69) is 34.2 Å². The third-order valence-corrected chi connectivity index (χ3v) is 5.24. The highest BCUT2D eigenvalue weighted by Crippen LogP contribution is 2.28. The molecule has 1 N–H and O–H groups in total. The SMILES string of the molecule is Cc1ccc(Cl)cc1NCc1ccc(OCc2ccccc2Cl)c(Br)c1. The maximum absolute atomic E-state index is 6.17. The monoisotopic (exact) mass is 449 g/mol. The first-order valence-electron chi connectivity index (χ1n) is 8.17. The fraction of sp³-hybridized carbons (Fsp3) is 0.143. The Hall–Kier alpha value is -1.68. The van der Waals surface area contributed by atoms with Crippen molar-refractivity contribution in [1.29, 1.82) is 0 Å². The van der Waals surface area contributed by atoms with Crippen molar-refractivity contribution in [2.75, 3.05) is 5.32 Å². The van der Waals surface area contributed by atoms with E-state index in [0.29, 0.717) is 18.2 Å². The molecule has 0 aliphatic heterocycles. The molecule has 26 heavy (non-hydrogen) atoms. The van der Waals surface area contributed by atoms with Gasteiger partial charge in [-0.05, 0) is 64.3 Å². The summed E-state index contributed by atoms with van der Waals surface area (Å²) < 4.78 is 6.80. The van der Waals surface area contributed by atoms with E-state index < -0.39 is 0 Å². The Morgan fingerprint density at radius 1 is 1.00 bits per heavy atom. The standard InChI is InChI=1S/C21H18BrCl2NO/c1-14-6-8-17(23)11-20(14)25-12-15-7-9-21(18(22)10-15)26-13-16-4-2-3-5-19(16)24/h2-11,25H,12-13H2,1H3. The summed E-state index contributed by atoms with van der Waals surface area (Å²) in [4.78, 5) is 0. The summed E-state index contributed by atoms with van der Waals surface area (Å²) in [5, 5.41) is 4.85. The molecule has 0 fully saturated rings. The molecule has 0 radical (unpaired) electrons. The van der Waals surface area contributed by atoms with E-state index in [-0.39, 0.29) is 0 Å². The summed E-state index contributed by atoms with van der Waals surface area (Å²) in [5.41, 5.74) is 4.30. The molecule has 0 aliphatic rings. The Morgan fingerprint density at radius 3 is 2.58 bits per heavy atom. The van der Waals surface area contributed by atoms with E-state index in [1.54, 1.807) is 0 Å². The quantitative estimate of drug-likeness (QED) is 0.426. The minimum atomic E-state index is 0.428. The average molecular weight is 451 g/mol. The number of halogens is 3. The molecule has 0 aromatic heterocycles. The van der Waals surface area contributed by atoms with E-state index in [0.717, 1.165) is 37.6 Å². The summed E-state index contributed by atoms with van der Waals surface area (Å²) in [7, 11) is 0. The average Bonchev–Trinajstić information content (AvgIpc) is 2.63. The van der Waals surface area contributed by atoms with Crippen molar-refractivity contribution in [3.8, 4) is 5.75 Å². The number of nitrogens with one attached hydrogen (secondary N) is 1. The van der Waals surface area contributed by atoms with Gasteiger partial charge in [0.15, 0.2) is 0 Å². The first-order valence-corrected chi connectivity index (χ1v) is 9.72. The number of hydrogen-bond acceptors (Lipinski definition) is 2. The number of aryl methyl sites for hydroxylation is 1. The minimum Gasteiger partial charge on any atom is -0.488 e. The molecule has 0 aliphatic carbocycles. The molecule has 0 bridgehead atoms. The van der Waals surface area contributed by atoms with Crippen LogP contribution >= 0.6 is 39.1 Å².